The predicted octanol–water partition coefficient (Wildman–Crippen LogP) is 2.57. The number of aromatic amines is 2. The first-order valence-electron chi connectivity index (χ1n) is 8.26. The zero-order chi connectivity index (χ0) is 17.4. The Kier molecular flexibility index (Phi) is 3.93. The van der Waals surface area contributed by atoms with Gasteiger partial charge in [0.05, 0.1) is 16.9 Å². The maximum atomic E-state index is 13.0. The fraction of sp³-hybridized carbons (Fsp3) is 0.333. The van der Waals surface area contributed by atoms with E-state index in [9.17, 15) is 9.59 Å². The molecule has 1 amide bonds. The van der Waals surface area contributed by atoms with E-state index < -0.39 is 0 Å². The number of furan rings is 1. The number of nitrogens with zero attached hydrogens (tertiary/aromatic N) is 1. The van der Waals surface area contributed by atoms with Gasteiger partial charge >= 0.3 is 0 Å². The van der Waals surface area contributed by atoms with Crippen molar-refractivity contribution in [2.24, 2.45) is 0 Å². The molecule has 1 aromatic carbocycles. The van der Waals surface area contributed by atoms with Crippen LogP contribution in [0.5, 0.6) is 0 Å². The van der Waals surface area contributed by atoms with Gasteiger partial charge in [-0.05, 0) is 43.2 Å². The number of likely N-dealkylation sites (tertiary alicyclic amines) is 1. The van der Waals surface area contributed by atoms with Crippen molar-refractivity contribution in [1.29, 1.82) is 0 Å². The predicted molar refractivity (Wildman–Crippen MR) is 91.4 cm³/mol. The quantitative estimate of drug-likeness (QED) is 0.763. The Morgan fingerprint density at radius 2 is 2.20 bits per heavy atom. The molecule has 0 saturated carbocycles. The molecule has 2 N–H and O–H groups in total. The van der Waals surface area contributed by atoms with Gasteiger partial charge in [-0.2, -0.15) is 0 Å². The second-order valence-electron chi connectivity index (χ2n) is 6.23. The average Bonchev–Trinajstić information content (AvgIpc) is 3.34. The molecule has 1 saturated heterocycles. The van der Waals surface area contributed by atoms with Crippen LogP contribution in [0.15, 0.2) is 39.5 Å². The first kappa shape index (κ1) is 15.7. The van der Waals surface area contributed by atoms with Crippen LogP contribution in [0.1, 0.15) is 40.8 Å². The molecular weight excluding hydrogens is 322 g/mol. The number of fused-ring (bicyclic) bond motifs is 1. The SMILES string of the molecule is COCc1ccc(C2CCCN2C(=O)c2ccc3[nH][nH]c(=O)c3c2)o1. The van der Waals surface area contributed by atoms with Crippen LogP contribution in [-0.2, 0) is 11.3 Å². The normalized spacial score (nSPS) is 17.5. The third-order valence-electron chi connectivity index (χ3n) is 4.63. The maximum absolute atomic E-state index is 13.0. The summed E-state index contributed by atoms with van der Waals surface area (Å²) in [5.41, 5.74) is 0.973. The fourth-order valence-electron chi connectivity index (χ4n) is 3.43. The topological polar surface area (TPSA) is 91.3 Å². The Labute approximate surface area is 143 Å². The molecular formula is C18H19N3O4. The number of hydrogen-bond acceptors (Lipinski definition) is 4. The van der Waals surface area contributed by atoms with Crippen LogP contribution in [0, 0.1) is 0 Å². The standard InChI is InChI=1S/C18H19N3O4/c1-24-10-12-5-7-16(25-12)15-3-2-8-21(15)18(23)11-4-6-14-13(9-11)17(22)20-19-14/h4-7,9,15H,2-3,8,10H2,1H3,(H2,19,20,22). The second kappa shape index (κ2) is 6.25. The number of H-pyrrole nitrogens is 2. The van der Waals surface area contributed by atoms with E-state index in [-0.39, 0.29) is 17.5 Å². The van der Waals surface area contributed by atoms with Crippen molar-refractivity contribution in [1.82, 2.24) is 15.1 Å². The first-order valence-corrected chi connectivity index (χ1v) is 8.26. The van der Waals surface area contributed by atoms with Crippen molar-refractivity contribution >= 4 is 16.8 Å². The number of nitrogens with one attached hydrogen (secondary N) is 2. The number of aromatic nitrogens is 2. The first-order chi connectivity index (χ1) is 12.2. The minimum absolute atomic E-state index is 0.0849. The third kappa shape index (κ3) is 2.76. The molecule has 0 aliphatic carbocycles. The smallest absolute Gasteiger partial charge is 0.271 e. The molecule has 1 aliphatic heterocycles. The minimum Gasteiger partial charge on any atom is -0.461 e. The molecule has 3 aromatic rings. The number of carbonyl (C=O) groups is 1. The van der Waals surface area contributed by atoms with Crippen LogP contribution in [0.4, 0.5) is 0 Å². The Morgan fingerprint density at radius 1 is 1.32 bits per heavy atom. The Bertz CT molecular complexity index is 968. The summed E-state index contributed by atoms with van der Waals surface area (Å²) < 4.78 is 10.9. The number of amides is 1. The van der Waals surface area contributed by atoms with Crippen molar-refractivity contribution in [3.63, 3.8) is 0 Å². The molecule has 1 unspecified atom stereocenters. The van der Waals surface area contributed by atoms with Gasteiger partial charge in [0.25, 0.3) is 11.5 Å². The monoisotopic (exact) mass is 341 g/mol. The zero-order valence-electron chi connectivity index (χ0n) is 13.9. The summed E-state index contributed by atoms with van der Waals surface area (Å²) in [5, 5.41) is 5.80. The van der Waals surface area contributed by atoms with Gasteiger partial charge in [0, 0.05) is 19.2 Å². The zero-order valence-corrected chi connectivity index (χ0v) is 13.9. The van der Waals surface area contributed by atoms with Crippen molar-refractivity contribution in [3.8, 4) is 0 Å². The number of rotatable bonds is 4. The van der Waals surface area contributed by atoms with E-state index in [2.05, 4.69) is 10.2 Å². The molecule has 130 valence electrons. The van der Waals surface area contributed by atoms with Crippen LogP contribution < -0.4 is 5.56 Å². The highest BCUT2D eigenvalue weighted by Gasteiger charge is 2.32. The lowest BCUT2D eigenvalue weighted by Gasteiger charge is -2.23. The van der Waals surface area contributed by atoms with Gasteiger partial charge in [-0.3, -0.25) is 19.8 Å². The van der Waals surface area contributed by atoms with Crippen LogP contribution in [-0.4, -0.2) is 34.7 Å². The molecule has 1 atom stereocenters. The van der Waals surface area contributed by atoms with Crippen molar-refractivity contribution in [3.05, 3.63) is 57.8 Å². The highest BCUT2D eigenvalue weighted by Crippen LogP contribution is 2.34. The average molecular weight is 341 g/mol. The molecule has 3 heterocycles. The number of benzene rings is 1. The molecule has 25 heavy (non-hydrogen) atoms. The van der Waals surface area contributed by atoms with E-state index in [1.165, 1.54) is 0 Å². The Balaban J connectivity index is 1.62. The molecule has 7 nitrogen and oxygen atoms in total. The van der Waals surface area contributed by atoms with Gasteiger partial charge < -0.3 is 14.1 Å². The molecule has 0 bridgehead atoms. The van der Waals surface area contributed by atoms with Crippen LogP contribution >= 0.6 is 0 Å². The summed E-state index contributed by atoms with van der Waals surface area (Å²) in [6.07, 6.45) is 1.78. The van der Waals surface area contributed by atoms with Crippen molar-refractivity contribution in [2.75, 3.05) is 13.7 Å². The van der Waals surface area contributed by atoms with E-state index in [1.807, 2.05) is 17.0 Å². The molecule has 2 aromatic heterocycles. The van der Waals surface area contributed by atoms with Gasteiger partial charge in [-0.1, -0.05) is 0 Å². The van der Waals surface area contributed by atoms with Gasteiger partial charge in [0.1, 0.15) is 18.1 Å². The Hall–Kier alpha value is -2.80. The summed E-state index contributed by atoms with van der Waals surface area (Å²) in [5.74, 6) is 1.44. The lowest BCUT2D eigenvalue weighted by atomic mass is 10.1. The number of carbonyl (C=O) groups excluding carboxylic acids is 1. The van der Waals surface area contributed by atoms with Crippen molar-refractivity contribution < 1.29 is 13.9 Å². The second-order valence-corrected chi connectivity index (χ2v) is 6.23. The summed E-state index contributed by atoms with van der Waals surface area (Å²) in [4.78, 5) is 26.6. The van der Waals surface area contributed by atoms with Crippen molar-refractivity contribution in [2.45, 2.75) is 25.5 Å². The lowest BCUT2D eigenvalue weighted by molar-refractivity contribution is 0.0716. The molecule has 1 fully saturated rings. The Morgan fingerprint density at radius 3 is 3.04 bits per heavy atom. The van der Waals surface area contributed by atoms with Gasteiger partial charge in [0.15, 0.2) is 0 Å². The minimum atomic E-state index is -0.224. The summed E-state index contributed by atoms with van der Waals surface area (Å²) in [6, 6.07) is 8.83. The van der Waals surface area contributed by atoms with Crippen LogP contribution in [0.3, 0.4) is 0 Å². The maximum Gasteiger partial charge on any atom is 0.271 e. The highest BCUT2D eigenvalue weighted by molar-refractivity contribution is 5.98. The summed E-state index contributed by atoms with van der Waals surface area (Å²) >= 11 is 0. The molecule has 4 rings (SSSR count). The molecule has 0 radical (unpaired) electrons. The largest absolute Gasteiger partial charge is 0.461 e. The highest BCUT2D eigenvalue weighted by atomic mass is 16.5. The van der Waals surface area contributed by atoms with E-state index in [0.29, 0.717) is 29.6 Å². The van der Waals surface area contributed by atoms with Gasteiger partial charge in [0.2, 0.25) is 0 Å². The van der Waals surface area contributed by atoms with E-state index in [4.69, 9.17) is 9.15 Å². The summed E-state index contributed by atoms with van der Waals surface area (Å²) in [6.45, 7) is 1.08. The molecule has 0 spiro atoms. The molecule has 1 aliphatic rings. The lowest BCUT2D eigenvalue weighted by Crippen LogP contribution is -2.30. The number of methoxy groups -OCH3 is 1. The third-order valence-corrected chi connectivity index (χ3v) is 4.63. The van der Waals surface area contributed by atoms with E-state index >= 15 is 0 Å². The van der Waals surface area contributed by atoms with Gasteiger partial charge in [-0.15, -0.1) is 0 Å². The summed E-state index contributed by atoms with van der Waals surface area (Å²) in [7, 11) is 1.62. The number of hydrogen-bond donors (Lipinski definition) is 2. The van der Waals surface area contributed by atoms with Crippen LogP contribution in [0.25, 0.3) is 10.9 Å². The van der Waals surface area contributed by atoms with E-state index in [0.717, 1.165) is 24.4 Å². The van der Waals surface area contributed by atoms with Gasteiger partial charge in [-0.25, -0.2) is 0 Å². The van der Waals surface area contributed by atoms with E-state index in [1.54, 1.807) is 25.3 Å². The number of ether oxygens (including phenoxy) is 1. The fourth-order valence-corrected chi connectivity index (χ4v) is 3.43. The molecule has 7 heteroatoms. The van der Waals surface area contributed by atoms with Crippen LogP contribution in [0.2, 0.25) is 0 Å².